The molecule has 2 aromatic heterocycles. The molecule has 28 heavy (non-hydrogen) atoms. The van der Waals surface area contributed by atoms with Gasteiger partial charge < -0.3 is 10.1 Å². The standard InChI is InChI=1S/C16H19F3N6O2.ClH/c1-25-15(22-13(24-25)10-5-7-20-8-6-10)23-14(26)11-3-2-4-12(21-11)27-9-16(17,18)19;/h2-4,10,20H,5-9H2,1H3,(H,22,23,24,26);1H. The number of rotatable bonds is 5. The van der Waals surface area contributed by atoms with Crippen LogP contribution in [0, 0.1) is 0 Å². The lowest BCUT2D eigenvalue weighted by atomic mass is 9.98. The second kappa shape index (κ2) is 9.20. The van der Waals surface area contributed by atoms with Crippen LogP contribution in [0.25, 0.3) is 0 Å². The first-order valence-corrected chi connectivity index (χ1v) is 8.41. The molecule has 0 bridgehead atoms. The lowest BCUT2D eigenvalue weighted by Crippen LogP contribution is -2.27. The maximum absolute atomic E-state index is 12.4. The Balaban J connectivity index is 0.00000280. The fourth-order valence-electron chi connectivity index (χ4n) is 2.71. The number of pyridine rings is 1. The van der Waals surface area contributed by atoms with Crippen molar-refractivity contribution < 1.29 is 22.7 Å². The summed E-state index contributed by atoms with van der Waals surface area (Å²) >= 11 is 0. The topological polar surface area (TPSA) is 94.0 Å². The number of ether oxygens (including phenoxy) is 1. The predicted octanol–water partition coefficient (Wildman–Crippen LogP) is 2.29. The molecular formula is C16H20ClF3N6O2. The van der Waals surface area contributed by atoms with Crippen LogP contribution in [0.2, 0.25) is 0 Å². The fourth-order valence-corrected chi connectivity index (χ4v) is 2.71. The van der Waals surface area contributed by atoms with Crippen molar-refractivity contribution in [2.24, 2.45) is 7.05 Å². The van der Waals surface area contributed by atoms with Gasteiger partial charge in [0.2, 0.25) is 11.8 Å². The molecule has 1 amide bonds. The summed E-state index contributed by atoms with van der Waals surface area (Å²) < 4.78 is 42.7. The Morgan fingerprint density at radius 2 is 2.04 bits per heavy atom. The van der Waals surface area contributed by atoms with E-state index >= 15 is 0 Å². The molecule has 0 spiro atoms. The van der Waals surface area contributed by atoms with E-state index in [0.29, 0.717) is 5.82 Å². The molecule has 3 rings (SSSR count). The molecule has 0 atom stereocenters. The van der Waals surface area contributed by atoms with Gasteiger partial charge in [-0.15, -0.1) is 12.4 Å². The van der Waals surface area contributed by atoms with Gasteiger partial charge in [0.15, 0.2) is 12.4 Å². The van der Waals surface area contributed by atoms with Gasteiger partial charge in [-0.25, -0.2) is 9.67 Å². The van der Waals surface area contributed by atoms with Crippen LogP contribution in [0.5, 0.6) is 5.88 Å². The molecule has 0 saturated carbocycles. The van der Waals surface area contributed by atoms with Gasteiger partial charge in [0.05, 0.1) is 0 Å². The van der Waals surface area contributed by atoms with Crippen molar-refractivity contribution in [3.8, 4) is 5.88 Å². The fraction of sp³-hybridized carbons (Fsp3) is 0.500. The van der Waals surface area contributed by atoms with Crippen LogP contribution in [0.15, 0.2) is 18.2 Å². The van der Waals surface area contributed by atoms with E-state index in [1.165, 1.54) is 22.9 Å². The van der Waals surface area contributed by atoms with Crippen LogP contribution in [0.4, 0.5) is 19.1 Å². The van der Waals surface area contributed by atoms with E-state index in [2.05, 4.69) is 30.4 Å². The minimum Gasteiger partial charge on any atom is -0.468 e. The Hall–Kier alpha value is -2.40. The van der Waals surface area contributed by atoms with Gasteiger partial charge >= 0.3 is 6.18 Å². The van der Waals surface area contributed by atoms with Crippen molar-refractivity contribution in [3.05, 3.63) is 29.7 Å². The van der Waals surface area contributed by atoms with Crippen LogP contribution in [0.1, 0.15) is 35.1 Å². The number of anilines is 1. The summed E-state index contributed by atoms with van der Waals surface area (Å²) in [6.07, 6.45) is -2.65. The summed E-state index contributed by atoms with van der Waals surface area (Å²) in [6.45, 7) is 0.298. The Morgan fingerprint density at radius 3 is 2.71 bits per heavy atom. The highest BCUT2D eigenvalue weighted by Crippen LogP contribution is 2.23. The van der Waals surface area contributed by atoms with E-state index in [0.717, 1.165) is 25.9 Å². The average Bonchev–Trinajstić information content (AvgIpc) is 3.01. The third kappa shape index (κ3) is 5.80. The highest BCUT2D eigenvalue weighted by molar-refractivity contribution is 6.01. The number of nitrogens with zero attached hydrogens (tertiary/aromatic N) is 4. The number of amides is 1. The Labute approximate surface area is 165 Å². The third-order valence-corrected chi connectivity index (χ3v) is 4.05. The van der Waals surface area contributed by atoms with Crippen LogP contribution in [-0.2, 0) is 7.05 Å². The zero-order valence-corrected chi connectivity index (χ0v) is 15.8. The molecule has 1 fully saturated rings. The Morgan fingerprint density at radius 1 is 1.32 bits per heavy atom. The van der Waals surface area contributed by atoms with E-state index in [4.69, 9.17) is 0 Å². The highest BCUT2D eigenvalue weighted by atomic mass is 35.5. The maximum Gasteiger partial charge on any atom is 0.422 e. The van der Waals surface area contributed by atoms with Gasteiger partial charge in [0.1, 0.15) is 5.69 Å². The van der Waals surface area contributed by atoms with Crippen molar-refractivity contribution in [2.45, 2.75) is 24.9 Å². The molecule has 0 aliphatic carbocycles. The molecule has 8 nitrogen and oxygen atoms in total. The minimum absolute atomic E-state index is 0. The monoisotopic (exact) mass is 420 g/mol. The van der Waals surface area contributed by atoms with Gasteiger partial charge in [-0.05, 0) is 32.0 Å². The van der Waals surface area contributed by atoms with Gasteiger partial charge in [0.25, 0.3) is 5.91 Å². The predicted molar refractivity (Wildman–Crippen MR) is 96.8 cm³/mol. The maximum atomic E-state index is 12.4. The first kappa shape index (κ1) is 21.9. The summed E-state index contributed by atoms with van der Waals surface area (Å²) in [5.74, 6) is 0.231. The second-order valence-electron chi connectivity index (χ2n) is 6.16. The number of carbonyl (C=O) groups excluding carboxylic acids is 1. The summed E-state index contributed by atoms with van der Waals surface area (Å²) in [4.78, 5) is 20.5. The van der Waals surface area contributed by atoms with Crippen molar-refractivity contribution >= 4 is 24.3 Å². The Bertz CT molecular complexity index is 808. The number of nitrogens with one attached hydrogen (secondary N) is 2. The molecule has 1 saturated heterocycles. The highest BCUT2D eigenvalue weighted by Gasteiger charge is 2.29. The van der Waals surface area contributed by atoms with Crippen LogP contribution in [-0.4, -0.2) is 51.5 Å². The largest absolute Gasteiger partial charge is 0.468 e. The number of piperidine rings is 1. The zero-order chi connectivity index (χ0) is 19.4. The van der Waals surface area contributed by atoms with Crippen LogP contribution >= 0.6 is 12.4 Å². The lowest BCUT2D eigenvalue weighted by Gasteiger charge is -2.19. The molecule has 2 N–H and O–H groups in total. The number of hydrogen-bond donors (Lipinski definition) is 2. The molecule has 1 aliphatic heterocycles. The minimum atomic E-state index is -4.48. The molecule has 12 heteroatoms. The molecule has 2 aromatic rings. The molecular weight excluding hydrogens is 401 g/mol. The number of aromatic nitrogens is 4. The number of halogens is 4. The van der Waals surface area contributed by atoms with Crippen molar-refractivity contribution in [3.63, 3.8) is 0 Å². The molecule has 0 unspecified atom stereocenters. The van der Waals surface area contributed by atoms with E-state index in [1.54, 1.807) is 7.05 Å². The van der Waals surface area contributed by atoms with Gasteiger partial charge in [-0.2, -0.15) is 23.3 Å². The van der Waals surface area contributed by atoms with Gasteiger partial charge in [-0.3, -0.25) is 10.1 Å². The summed E-state index contributed by atoms with van der Waals surface area (Å²) in [6, 6.07) is 4.02. The number of carbonyl (C=O) groups is 1. The van der Waals surface area contributed by atoms with Crippen molar-refractivity contribution in [1.82, 2.24) is 25.1 Å². The number of hydrogen-bond acceptors (Lipinski definition) is 6. The third-order valence-electron chi connectivity index (χ3n) is 4.05. The Kier molecular flexibility index (Phi) is 7.19. The first-order chi connectivity index (χ1) is 12.8. The normalized spacial score (nSPS) is 15.0. The van der Waals surface area contributed by atoms with Gasteiger partial charge in [0, 0.05) is 19.0 Å². The van der Waals surface area contributed by atoms with E-state index in [9.17, 15) is 18.0 Å². The molecule has 0 radical (unpaired) electrons. The van der Waals surface area contributed by atoms with E-state index < -0.39 is 18.7 Å². The summed E-state index contributed by atoms with van der Waals surface area (Å²) in [5, 5.41) is 10.2. The lowest BCUT2D eigenvalue weighted by molar-refractivity contribution is -0.154. The molecule has 3 heterocycles. The zero-order valence-electron chi connectivity index (χ0n) is 15.0. The second-order valence-corrected chi connectivity index (χ2v) is 6.16. The van der Waals surface area contributed by atoms with E-state index in [-0.39, 0.29) is 35.8 Å². The summed E-state index contributed by atoms with van der Waals surface area (Å²) in [7, 11) is 1.66. The SMILES string of the molecule is Cl.Cn1nc(C2CCNCC2)nc1NC(=O)c1cccc(OCC(F)(F)F)n1. The smallest absolute Gasteiger partial charge is 0.422 e. The van der Waals surface area contributed by atoms with Gasteiger partial charge in [-0.1, -0.05) is 6.07 Å². The quantitative estimate of drug-likeness (QED) is 0.770. The number of alkyl halides is 3. The molecule has 0 aromatic carbocycles. The van der Waals surface area contributed by atoms with Crippen molar-refractivity contribution in [1.29, 1.82) is 0 Å². The first-order valence-electron chi connectivity index (χ1n) is 8.41. The van der Waals surface area contributed by atoms with Crippen LogP contribution < -0.4 is 15.4 Å². The molecule has 154 valence electrons. The summed E-state index contributed by atoms with van der Waals surface area (Å²) in [5.41, 5.74) is -0.0823. The van der Waals surface area contributed by atoms with E-state index in [1.807, 2.05) is 0 Å². The molecule has 1 aliphatic rings. The average molecular weight is 421 g/mol. The van der Waals surface area contributed by atoms with Crippen molar-refractivity contribution in [2.75, 3.05) is 25.0 Å². The van der Waals surface area contributed by atoms with Crippen LogP contribution in [0.3, 0.4) is 0 Å². The number of aryl methyl sites for hydroxylation is 1.